The van der Waals surface area contributed by atoms with Crippen molar-refractivity contribution >= 4 is 27.7 Å². The quantitative estimate of drug-likeness (QED) is 0.785. The van der Waals surface area contributed by atoms with Crippen molar-refractivity contribution in [2.45, 2.75) is 16.6 Å². The molecule has 0 radical (unpaired) electrons. The van der Waals surface area contributed by atoms with Crippen LogP contribution >= 0.6 is 11.8 Å². The first kappa shape index (κ1) is 19.9. The van der Waals surface area contributed by atoms with Crippen LogP contribution in [0.15, 0.2) is 59.5 Å². The topological polar surface area (TPSA) is 57.7 Å². The van der Waals surface area contributed by atoms with E-state index in [1.54, 1.807) is 12.1 Å². The molecule has 1 amide bonds. The van der Waals surface area contributed by atoms with Gasteiger partial charge in [0.15, 0.2) is 0 Å². The summed E-state index contributed by atoms with van der Waals surface area (Å²) in [6.45, 7) is 1.40. The van der Waals surface area contributed by atoms with Crippen LogP contribution in [0.4, 0.5) is 0 Å². The van der Waals surface area contributed by atoms with Crippen molar-refractivity contribution in [2.75, 3.05) is 32.9 Å². The number of nitrogens with zero attached hydrogens (tertiary/aromatic N) is 2. The molecule has 0 spiro atoms. The van der Waals surface area contributed by atoms with E-state index in [1.807, 2.05) is 34.9 Å². The van der Waals surface area contributed by atoms with E-state index in [4.69, 9.17) is 0 Å². The Hall–Kier alpha value is -1.83. The molecule has 1 saturated heterocycles. The summed E-state index contributed by atoms with van der Waals surface area (Å²) < 4.78 is 25.5. The van der Waals surface area contributed by atoms with E-state index in [9.17, 15) is 13.2 Å². The van der Waals surface area contributed by atoms with Crippen LogP contribution in [0.25, 0.3) is 0 Å². The number of carbonyl (C=O) groups excluding carboxylic acids is 1. The molecule has 0 bridgehead atoms. The Morgan fingerprint density at radius 2 is 1.70 bits per heavy atom. The third-order valence-electron chi connectivity index (χ3n) is 4.68. The number of hydrogen-bond donors (Lipinski definition) is 0. The van der Waals surface area contributed by atoms with E-state index in [-0.39, 0.29) is 10.8 Å². The van der Waals surface area contributed by atoms with Crippen molar-refractivity contribution in [3.05, 3.63) is 65.7 Å². The van der Waals surface area contributed by atoms with Crippen molar-refractivity contribution in [1.82, 2.24) is 9.21 Å². The van der Waals surface area contributed by atoms with Crippen LogP contribution in [0.5, 0.6) is 0 Å². The maximum atomic E-state index is 12.8. The average molecular weight is 405 g/mol. The maximum Gasteiger partial charge on any atom is 0.253 e. The normalized spacial score (nSPS) is 18.3. The molecule has 144 valence electrons. The second kappa shape index (κ2) is 8.46. The van der Waals surface area contributed by atoms with Gasteiger partial charge < -0.3 is 4.90 Å². The number of rotatable bonds is 4. The fourth-order valence-electron chi connectivity index (χ4n) is 3.07. The number of sulfonamides is 1. The molecule has 1 aliphatic rings. The van der Waals surface area contributed by atoms with E-state index in [2.05, 4.69) is 12.1 Å². The summed E-state index contributed by atoms with van der Waals surface area (Å²) in [5.41, 5.74) is 1.82. The SMILES string of the molecule is CN(C)S(=O)(=O)c1ccc(C(=O)N2CCS[C@H](c3ccccc3)CC2)cc1. The van der Waals surface area contributed by atoms with Gasteiger partial charge in [-0.3, -0.25) is 4.79 Å². The fourth-order valence-corrected chi connectivity index (χ4v) is 5.20. The van der Waals surface area contributed by atoms with Gasteiger partial charge in [-0.25, -0.2) is 12.7 Å². The van der Waals surface area contributed by atoms with Crippen molar-refractivity contribution in [2.24, 2.45) is 0 Å². The molecule has 0 aliphatic carbocycles. The molecule has 1 aliphatic heterocycles. The maximum absolute atomic E-state index is 12.8. The fraction of sp³-hybridized carbons (Fsp3) is 0.350. The number of thioether (sulfide) groups is 1. The lowest BCUT2D eigenvalue weighted by atomic mass is 10.1. The third-order valence-corrected chi connectivity index (χ3v) is 7.84. The van der Waals surface area contributed by atoms with Crippen LogP contribution in [0.3, 0.4) is 0 Å². The van der Waals surface area contributed by atoms with E-state index in [0.717, 1.165) is 12.2 Å². The summed E-state index contributed by atoms with van der Waals surface area (Å²) >= 11 is 1.88. The summed E-state index contributed by atoms with van der Waals surface area (Å²) in [6, 6.07) is 16.6. The molecule has 5 nitrogen and oxygen atoms in total. The molecule has 1 atom stereocenters. The van der Waals surface area contributed by atoms with E-state index in [1.165, 1.54) is 36.1 Å². The van der Waals surface area contributed by atoms with Gasteiger partial charge >= 0.3 is 0 Å². The second-order valence-corrected chi connectivity index (χ2v) is 10.1. The molecule has 0 unspecified atom stereocenters. The predicted octanol–water partition coefficient (Wildman–Crippen LogP) is 3.26. The van der Waals surface area contributed by atoms with Gasteiger partial charge in [0.25, 0.3) is 5.91 Å². The van der Waals surface area contributed by atoms with E-state index in [0.29, 0.717) is 23.9 Å². The van der Waals surface area contributed by atoms with Crippen LogP contribution in [-0.4, -0.2) is 56.5 Å². The predicted molar refractivity (Wildman–Crippen MR) is 109 cm³/mol. The summed E-state index contributed by atoms with van der Waals surface area (Å²) in [6.07, 6.45) is 0.910. The van der Waals surface area contributed by atoms with Crippen LogP contribution in [-0.2, 0) is 10.0 Å². The highest BCUT2D eigenvalue weighted by Crippen LogP contribution is 2.34. The number of carbonyl (C=O) groups is 1. The molecule has 2 aromatic rings. The van der Waals surface area contributed by atoms with Crippen molar-refractivity contribution in [3.8, 4) is 0 Å². The summed E-state index contributed by atoms with van der Waals surface area (Å²) in [5, 5.41) is 0.400. The van der Waals surface area contributed by atoms with Crippen LogP contribution in [0.1, 0.15) is 27.6 Å². The largest absolute Gasteiger partial charge is 0.338 e. The lowest BCUT2D eigenvalue weighted by Gasteiger charge is -2.20. The van der Waals surface area contributed by atoms with E-state index >= 15 is 0 Å². The van der Waals surface area contributed by atoms with Gasteiger partial charge in [0.1, 0.15) is 0 Å². The molecular formula is C20H24N2O3S2. The zero-order valence-corrected chi connectivity index (χ0v) is 17.2. The molecule has 0 saturated carbocycles. The highest BCUT2D eigenvalue weighted by Gasteiger charge is 2.23. The molecule has 3 rings (SSSR count). The van der Waals surface area contributed by atoms with Gasteiger partial charge in [-0.2, -0.15) is 11.8 Å². The van der Waals surface area contributed by atoms with Gasteiger partial charge in [0.2, 0.25) is 10.0 Å². The van der Waals surface area contributed by atoms with Gasteiger partial charge in [-0.1, -0.05) is 30.3 Å². The smallest absolute Gasteiger partial charge is 0.253 e. The second-order valence-electron chi connectivity index (χ2n) is 6.66. The molecule has 2 aromatic carbocycles. The standard InChI is InChI=1S/C20H24N2O3S2/c1-21(2)27(24,25)18-10-8-17(9-11-18)20(23)22-13-12-19(26-15-14-22)16-6-4-3-5-7-16/h3-11,19H,12-15H2,1-2H3/t19-/m0/s1. The number of benzene rings is 2. The zero-order valence-electron chi connectivity index (χ0n) is 15.5. The van der Waals surface area contributed by atoms with Gasteiger partial charge in [0.05, 0.1) is 4.90 Å². The van der Waals surface area contributed by atoms with Gasteiger partial charge in [0, 0.05) is 43.8 Å². The zero-order chi connectivity index (χ0) is 19.4. The lowest BCUT2D eigenvalue weighted by Crippen LogP contribution is -2.33. The lowest BCUT2D eigenvalue weighted by molar-refractivity contribution is 0.0766. The van der Waals surface area contributed by atoms with Crippen molar-refractivity contribution < 1.29 is 13.2 Å². The Labute approximate surface area is 165 Å². The monoisotopic (exact) mass is 404 g/mol. The Bertz CT molecular complexity index is 881. The Morgan fingerprint density at radius 3 is 2.33 bits per heavy atom. The molecule has 27 heavy (non-hydrogen) atoms. The Balaban J connectivity index is 1.69. The minimum Gasteiger partial charge on any atom is -0.338 e. The Morgan fingerprint density at radius 1 is 1.04 bits per heavy atom. The first-order chi connectivity index (χ1) is 12.9. The minimum atomic E-state index is -3.48. The molecule has 1 heterocycles. The van der Waals surface area contributed by atoms with Crippen LogP contribution in [0.2, 0.25) is 0 Å². The third kappa shape index (κ3) is 4.54. The minimum absolute atomic E-state index is 0.0434. The highest BCUT2D eigenvalue weighted by atomic mass is 32.2. The molecule has 7 heteroatoms. The average Bonchev–Trinajstić information content (AvgIpc) is 2.94. The molecule has 0 N–H and O–H groups in total. The van der Waals surface area contributed by atoms with Gasteiger partial charge in [-0.05, 0) is 36.2 Å². The molecular weight excluding hydrogens is 380 g/mol. The Kier molecular flexibility index (Phi) is 6.24. The highest BCUT2D eigenvalue weighted by molar-refractivity contribution is 7.99. The van der Waals surface area contributed by atoms with Crippen molar-refractivity contribution in [3.63, 3.8) is 0 Å². The first-order valence-electron chi connectivity index (χ1n) is 8.88. The summed E-state index contributed by atoms with van der Waals surface area (Å²) in [7, 11) is -0.498. The van der Waals surface area contributed by atoms with Crippen molar-refractivity contribution in [1.29, 1.82) is 0 Å². The summed E-state index contributed by atoms with van der Waals surface area (Å²) in [4.78, 5) is 14.9. The first-order valence-corrected chi connectivity index (χ1v) is 11.4. The van der Waals surface area contributed by atoms with Crippen LogP contribution in [0, 0.1) is 0 Å². The van der Waals surface area contributed by atoms with Crippen LogP contribution < -0.4 is 0 Å². The molecule has 1 fully saturated rings. The number of amides is 1. The number of hydrogen-bond acceptors (Lipinski definition) is 4. The summed E-state index contributed by atoms with van der Waals surface area (Å²) in [5.74, 6) is 0.844. The van der Waals surface area contributed by atoms with E-state index < -0.39 is 10.0 Å². The van der Waals surface area contributed by atoms with Gasteiger partial charge in [-0.15, -0.1) is 0 Å². The molecule has 0 aromatic heterocycles.